The minimum absolute atomic E-state index is 0.0711. The summed E-state index contributed by atoms with van der Waals surface area (Å²) in [7, 11) is 4.62. The quantitative estimate of drug-likeness (QED) is 0.701. The number of hydrogen-bond acceptors (Lipinski definition) is 5. The van der Waals surface area contributed by atoms with E-state index in [2.05, 4.69) is 6.07 Å². The molecule has 0 N–H and O–H groups in total. The van der Waals surface area contributed by atoms with Crippen LogP contribution in [0.5, 0.6) is 17.2 Å². The van der Waals surface area contributed by atoms with Crippen molar-refractivity contribution in [1.29, 1.82) is 0 Å². The van der Waals surface area contributed by atoms with Gasteiger partial charge in [-0.3, -0.25) is 4.79 Å². The molecule has 0 radical (unpaired) electrons. The minimum atomic E-state index is -0.0711. The van der Waals surface area contributed by atoms with Crippen molar-refractivity contribution < 1.29 is 19.0 Å². The normalized spacial score (nSPS) is 17.0. The second-order valence-electron chi connectivity index (χ2n) is 6.34. The fourth-order valence-corrected chi connectivity index (χ4v) is 5.00. The van der Waals surface area contributed by atoms with Gasteiger partial charge in [0.15, 0.2) is 11.5 Å². The van der Waals surface area contributed by atoms with Crippen LogP contribution in [-0.4, -0.2) is 51.0 Å². The average Bonchev–Trinajstić information content (AvgIpc) is 2.98. The molecule has 1 atom stereocenters. The molecular weight excluding hydrogens is 398 g/mol. The van der Waals surface area contributed by atoms with Crippen molar-refractivity contribution in [2.45, 2.75) is 11.7 Å². The highest BCUT2D eigenvalue weighted by atomic mass is 35.5. The first kappa shape index (κ1) is 20.7. The third kappa shape index (κ3) is 4.18. The monoisotopic (exact) mass is 421 g/mol. The van der Waals surface area contributed by atoms with Crippen molar-refractivity contribution in [3.05, 3.63) is 52.5 Å². The van der Waals surface area contributed by atoms with E-state index in [4.69, 9.17) is 25.8 Å². The zero-order valence-electron chi connectivity index (χ0n) is 16.2. The highest BCUT2D eigenvalue weighted by Crippen LogP contribution is 2.41. The summed E-state index contributed by atoms with van der Waals surface area (Å²) in [6, 6.07) is 11.4. The maximum atomic E-state index is 13.2. The molecular formula is C21H24ClNO4S. The molecule has 7 heteroatoms. The highest BCUT2D eigenvalue weighted by molar-refractivity contribution is 7.99. The molecule has 0 saturated carbocycles. The van der Waals surface area contributed by atoms with Gasteiger partial charge in [-0.1, -0.05) is 29.8 Å². The number of benzene rings is 2. The number of carbonyl (C=O) groups is 1. The van der Waals surface area contributed by atoms with Gasteiger partial charge in [0.05, 0.1) is 26.9 Å². The third-order valence-electron chi connectivity index (χ3n) is 4.82. The summed E-state index contributed by atoms with van der Waals surface area (Å²) in [5.74, 6) is 2.12. The molecule has 0 aromatic heterocycles. The first-order valence-corrected chi connectivity index (χ1v) is 10.5. The Morgan fingerprint density at radius 1 is 1.04 bits per heavy atom. The van der Waals surface area contributed by atoms with Crippen molar-refractivity contribution in [3.63, 3.8) is 0 Å². The molecule has 2 aromatic carbocycles. The molecule has 1 saturated heterocycles. The Morgan fingerprint density at radius 3 is 2.46 bits per heavy atom. The maximum absolute atomic E-state index is 13.2. The van der Waals surface area contributed by atoms with Crippen molar-refractivity contribution in [1.82, 2.24) is 4.90 Å². The van der Waals surface area contributed by atoms with Crippen LogP contribution in [0.25, 0.3) is 0 Å². The lowest BCUT2D eigenvalue weighted by atomic mass is 10.1. The Labute approximate surface area is 174 Å². The van der Waals surface area contributed by atoms with Crippen LogP contribution in [0.1, 0.15) is 27.6 Å². The number of methoxy groups -OCH3 is 3. The second kappa shape index (κ2) is 9.43. The van der Waals surface area contributed by atoms with Crippen molar-refractivity contribution in [3.8, 4) is 17.2 Å². The molecule has 1 amide bonds. The van der Waals surface area contributed by atoms with Crippen molar-refractivity contribution in [2.75, 3.05) is 40.2 Å². The third-order valence-corrected chi connectivity index (χ3v) is 6.47. The van der Waals surface area contributed by atoms with Gasteiger partial charge in [-0.05, 0) is 30.2 Å². The van der Waals surface area contributed by atoms with Crippen LogP contribution in [0.2, 0.25) is 5.02 Å². The number of hydrogen-bond donors (Lipinski definition) is 0. The summed E-state index contributed by atoms with van der Waals surface area (Å²) < 4.78 is 16.2. The first-order chi connectivity index (χ1) is 13.6. The lowest BCUT2D eigenvalue weighted by molar-refractivity contribution is 0.0762. The van der Waals surface area contributed by atoms with Crippen LogP contribution in [0, 0.1) is 0 Å². The topological polar surface area (TPSA) is 48.0 Å². The van der Waals surface area contributed by atoms with Crippen LogP contribution >= 0.6 is 23.4 Å². The molecule has 0 aliphatic carbocycles. The molecule has 1 aliphatic rings. The van der Waals surface area contributed by atoms with Gasteiger partial charge in [-0.15, -0.1) is 0 Å². The Morgan fingerprint density at radius 2 is 1.79 bits per heavy atom. The largest absolute Gasteiger partial charge is 0.493 e. The molecule has 1 unspecified atom stereocenters. The lowest BCUT2D eigenvalue weighted by Gasteiger charge is -2.23. The van der Waals surface area contributed by atoms with Crippen molar-refractivity contribution >= 4 is 29.3 Å². The summed E-state index contributed by atoms with van der Waals surface area (Å²) >= 11 is 8.21. The molecule has 1 fully saturated rings. The van der Waals surface area contributed by atoms with E-state index >= 15 is 0 Å². The first-order valence-electron chi connectivity index (χ1n) is 9.05. The predicted molar refractivity (Wildman–Crippen MR) is 113 cm³/mol. The highest BCUT2D eigenvalue weighted by Gasteiger charge is 2.27. The zero-order chi connectivity index (χ0) is 20.1. The molecule has 3 rings (SSSR count). The summed E-state index contributed by atoms with van der Waals surface area (Å²) in [6.45, 7) is 1.32. The van der Waals surface area contributed by atoms with Crippen LogP contribution in [0.15, 0.2) is 36.4 Å². The Bertz CT molecular complexity index is 845. The van der Waals surface area contributed by atoms with E-state index in [9.17, 15) is 4.79 Å². The molecule has 0 spiro atoms. The number of halogens is 1. The summed E-state index contributed by atoms with van der Waals surface area (Å²) in [6.07, 6.45) is 0.843. The fraction of sp³-hybridized carbons (Fsp3) is 0.381. The zero-order valence-corrected chi connectivity index (χ0v) is 17.8. The van der Waals surface area contributed by atoms with Crippen LogP contribution in [-0.2, 0) is 0 Å². The number of ether oxygens (including phenoxy) is 3. The summed E-state index contributed by atoms with van der Waals surface area (Å²) in [5, 5.41) is 1.06. The van der Waals surface area contributed by atoms with Gasteiger partial charge < -0.3 is 19.1 Å². The number of carbonyl (C=O) groups excluding carboxylic acids is 1. The fourth-order valence-electron chi connectivity index (χ4n) is 3.40. The van der Waals surface area contributed by atoms with Gasteiger partial charge in [0.25, 0.3) is 5.91 Å². The van der Waals surface area contributed by atoms with Gasteiger partial charge in [-0.2, -0.15) is 11.8 Å². The lowest BCUT2D eigenvalue weighted by Crippen LogP contribution is -2.33. The van der Waals surface area contributed by atoms with Gasteiger partial charge in [-0.25, -0.2) is 0 Å². The average molecular weight is 422 g/mol. The van der Waals surface area contributed by atoms with Crippen LogP contribution in [0.3, 0.4) is 0 Å². The molecule has 150 valence electrons. The number of amides is 1. The van der Waals surface area contributed by atoms with E-state index in [1.807, 2.05) is 34.9 Å². The van der Waals surface area contributed by atoms with E-state index < -0.39 is 0 Å². The minimum Gasteiger partial charge on any atom is -0.493 e. The molecule has 2 aromatic rings. The Balaban J connectivity index is 1.81. The van der Waals surface area contributed by atoms with Crippen LogP contribution in [0.4, 0.5) is 0 Å². The number of thioether (sulfide) groups is 1. The summed E-state index contributed by atoms with van der Waals surface area (Å²) in [5.41, 5.74) is 1.61. The predicted octanol–water partition coefficient (Wildman–Crippen LogP) is 4.69. The van der Waals surface area contributed by atoms with Gasteiger partial charge in [0, 0.05) is 29.1 Å². The van der Waals surface area contributed by atoms with E-state index in [1.165, 1.54) is 14.2 Å². The summed E-state index contributed by atoms with van der Waals surface area (Å²) in [4.78, 5) is 15.1. The SMILES string of the molecule is COc1ccc(C(=O)N2CCSC(c3ccccc3Cl)CC2)c(OC)c1OC. The van der Waals surface area contributed by atoms with Crippen molar-refractivity contribution in [2.24, 2.45) is 0 Å². The van der Waals surface area contributed by atoms with E-state index in [0.717, 1.165) is 22.8 Å². The Hall–Kier alpha value is -2.05. The van der Waals surface area contributed by atoms with E-state index in [1.54, 1.807) is 19.2 Å². The molecule has 0 bridgehead atoms. The van der Waals surface area contributed by atoms with E-state index in [0.29, 0.717) is 35.9 Å². The van der Waals surface area contributed by atoms with Gasteiger partial charge in [0.1, 0.15) is 0 Å². The smallest absolute Gasteiger partial charge is 0.257 e. The maximum Gasteiger partial charge on any atom is 0.257 e. The molecule has 28 heavy (non-hydrogen) atoms. The van der Waals surface area contributed by atoms with Gasteiger partial charge in [0.2, 0.25) is 5.75 Å². The number of rotatable bonds is 5. The second-order valence-corrected chi connectivity index (χ2v) is 8.06. The molecule has 1 aliphatic heterocycles. The van der Waals surface area contributed by atoms with E-state index in [-0.39, 0.29) is 11.2 Å². The molecule has 1 heterocycles. The standard InChI is InChI=1S/C21H24ClNO4S/c1-25-17-9-8-15(19(26-2)20(17)27-3)21(24)23-11-10-18(28-13-12-23)14-6-4-5-7-16(14)22/h4-9,18H,10-13H2,1-3H3. The van der Waals surface area contributed by atoms with Gasteiger partial charge >= 0.3 is 0 Å². The van der Waals surface area contributed by atoms with Crippen LogP contribution < -0.4 is 14.2 Å². The number of nitrogens with zero attached hydrogens (tertiary/aromatic N) is 1. The molecule has 5 nitrogen and oxygen atoms in total. The Kier molecular flexibility index (Phi) is 6.97.